The van der Waals surface area contributed by atoms with Gasteiger partial charge in [0.1, 0.15) is 71.2 Å². The Morgan fingerprint density at radius 2 is 0.805 bits per heavy atom. The number of alkyl halides is 3. The Labute approximate surface area is 493 Å². The van der Waals surface area contributed by atoms with Crippen LogP contribution in [0.3, 0.4) is 0 Å². The molecule has 428 valence electrons. The third kappa shape index (κ3) is 15.5. The molecule has 17 heteroatoms. The molecule has 0 aliphatic carbocycles. The second-order valence-electron chi connectivity index (χ2n) is 19.6. The molecule has 0 saturated heterocycles. The van der Waals surface area contributed by atoms with E-state index >= 15 is 0 Å². The number of halogens is 5. The van der Waals surface area contributed by atoms with Crippen molar-refractivity contribution < 1.29 is 55.0 Å². The van der Waals surface area contributed by atoms with Crippen molar-refractivity contribution in [2.45, 2.75) is 115 Å². The Bertz CT molecular complexity index is 3910. The van der Waals surface area contributed by atoms with Gasteiger partial charge < -0.3 is 27.5 Å². The van der Waals surface area contributed by atoms with Gasteiger partial charge in [-0.1, -0.05) is 59.8 Å². The van der Waals surface area contributed by atoms with E-state index in [-0.39, 0.29) is 50.6 Å². The standard InChI is InChI=1S/C22H19F3O4.C21H19BrO4.C21H19IO4.CH4/c1-12(26)9-18-13(2)17-7-8-19(14(3)20(17)29-21(18)27)28-11-15-5-4-6-16(10-15)22(23,24)25;2*1-12(23)9-18-13(2)17-7-8-19(14(3)20(17)26-21(18)24)25-11-15-5-4-6-16(22)10-15;/h4-8,10H,9,11H2,1-3H3;2*4-8,10H,9,11H2,1-3H3;1H4. The van der Waals surface area contributed by atoms with Gasteiger partial charge in [0, 0.05) is 76.8 Å². The number of benzene rings is 6. The summed E-state index contributed by atoms with van der Waals surface area (Å²) in [6.45, 7) is 16.0. The molecule has 0 atom stereocenters. The number of hydrogen-bond acceptors (Lipinski definition) is 12. The largest absolute Gasteiger partial charge is 0.488 e. The highest BCUT2D eigenvalue weighted by Gasteiger charge is 2.30. The third-order valence-electron chi connectivity index (χ3n) is 13.5. The molecule has 0 aliphatic heterocycles. The number of aryl methyl sites for hydroxylation is 6. The van der Waals surface area contributed by atoms with E-state index in [1.165, 1.54) is 26.8 Å². The van der Waals surface area contributed by atoms with Crippen LogP contribution in [0.15, 0.2) is 141 Å². The van der Waals surface area contributed by atoms with Gasteiger partial charge in [0.05, 0.1) is 5.56 Å². The van der Waals surface area contributed by atoms with Gasteiger partial charge in [-0.25, -0.2) is 14.4 Å². The SMILES string of the molecule is C.CC(=O)Cc1c(C)c2ccc(OCc3cccc(Br)c3)c(C)c2oc1=O.CC(=O)Cc1c(C)c2ccc(OCc3cccc(C(F)(F)F)c3)c(C)c2oc1=O.CC(=O)Cc1c(C)c2ccc(OCc3cccc(I)c3)c(C)c2oc1=O. The monoisotopic (exact) mass is 1300 g/mol. The number of ether oxygens (including phenoxy) is 3. The number of carbonyl (C=O) groups excluding carboxylic acids is 3. The molecule has 0 amide bonds. The number of Topliss-reactive ketones (excluding diaryl/α,β-unsaturated/α-hetero) is 3. The Morgan fingerprint density at radius 1 is 0.476 bits per heavy atom. The van der Waals surface area contributed by atoms with Crippen molar-refractivity contribution in [3.8, 4) is 17.2 Å². The Kier molecular flexibility index (Phi) is 21.2. The number of hydrogen-bond donors (Lipinski definition) is 0. The number of rotatable bonds is 15. The Morgan fingerprint density at radius 3 is 1.13 bits per heavy atom. The number of ketones is 3. The summed E-state index contributed by atoms with van der Waals surface area (Å²) in [4.78, 5) is 71.2. The molecule has 12 nitrogen and oxygen atoms in total. The average molecular weight is 1300 g/mol. The predicted octanol–water partition coefficient (Wildman–Crippen LogP) is 15.4. The van der Waals surface area contributed by atoms with E-state index in [0.717, 1.165) is 64.3 Å². The molecular formula is C65H61BrF3IO12. The highest BCUT2D eigenvalue weighted by molar-refractivity contribution is 14.1. The van der Waals surface area contributed by atoms with Crippen molar-refractivity contribution in [1.29, 1.82) is 0 Å². The molecule has 0 radical (unpaired) electrons. The van der Waals surface area contributed by atoms with Crippen LogP contribution < -0.4 is 31.1 Å². The van der Waals surface area contributed by atoms with E-state index in [0.29, 0.717) is 86.0 Å². The lowest BCUT2D eigenvalue weighted by Gasteiger charge is -2.14. The van der Waals surface area contributed by atoms with Crippen molar-refractivity contribution in [3.63, 3.8) is 0 Å². The maximum Gasteiger partial charge on any atom is 0.416 e. The van der Waals surface area contributed by atoms with Gasteiger partial charge in [-0.2, -0.15) is 13.2 Å². The van der Waals surface area contributed by atoms with Crippen molar-refractivity contribution in [1.82, 2.24) is 0 Å². The third-order valence-corrected chi connectivity index (χ3v) is 14.6. The molecule has 0 aliphatic rings. The van der Waals surface area contributed by atoms with Crippen molar-refractivity contribution in [2.24, 2.45) is 0 Å². The molecule has 82 heavy (non-hydrogen) atoms. The summed E-state index contributed by atoms with van der Waals surface area (Å²) in [6, 6.07) is 31.8. The van der Waals surface area contributed by atoms with Gasteiger partial charge in [-0.3, -0.25) is 14.4 Å². The maximum atomic E-state index is 12.9. The molecule has 0 N–H and O–H groups in total. The Hall–Kier alpha value is -7.64. The minimum absolute atomic E-state index is 0. The second kappa shape index (κ2) is 27.4. The summed E-state index contributed by atoms with van der Waals surface area (Å²) in [5.41, 5.74) is 7.12. The number of carbonyl (C=O) groups is 3. The quantitative estimate of drug-likeness (QED) is 0.0704. The van der Waals surface area contributed by atoms with E-state index in [1.54, 1.807) is 32.0 Å². The highest BCUT2D eigenvalue weighted by Crippen LogP contribution is 2.34. The summed E-state index contributed by atoms with van der Waals surface area (Å²) in [5, 5.41) is 2.35. The lowest BCUT2D eigenvalue weighted by molar-refractivity contribution is -0.137. The van der Waals surface area contributed by atoms with E-state index in [9.17, 15) is 41.9 Å². The van der Waals surface area contributed by atoms with E-state index in [1.807, 2.05) is 94.4 Å². The van der Waals surface area contributed by atoms with Crippen LogP contribution in [0.1, 0.15) is 101 Å². The van der Waals surface area contributed by atoms with Crippen molar-refractivity contribution >= 4 is 88.8 Å². The van der Waals surface area contributed by atoms with Gasteiger partial charge in [-0.05, 0) is 191 Å². The summed E-state index contributed by atoms with van der Waals surface area (Å²) in [5.74, 6) is 1.48. The van der Waals surface area contributed by atoms with Crippen LogP contribution in [0.4, 0.5) is 13.2 Å². The molecule has 3 heterocycles. The predicted molar refractivity (Wildman–Crippen MR) is 324 cm³/mol. The average Bonchev–Trinajstić information content (AvgIpc) is 3.52. The van der Waals surface area contributed by atoms with Gasteiger partial charge in [-0.15, -0.1) is 0 Å². The van der Waals surface area contributed by atoms with Crippen LogP contribution in [-0.2, 0) is 59.6 Å². The summed E-state index contributed by atoms with van der Waals surface area (Å²) >= 11 is 5.71. The zero-order chi connectivity index (χ0) is 59.0. The fourth-order valence-corrected chi connectivity index (χ4v) is 10.2. The minimum Gasteiger partial charge on any atom is -0.488 e. The Balaban J connectivity index is 0.000000197. The molecule has 0 fully saturated rings. The first-order valence-corrected chi connectivity index (χ1v) is 27.4. The molecule has 0 spiro atoms. The number of fused-ring (bicyclic) bond motifs is 3. The maximum absolute atomic E-state index is 12.9. The fourth-order valence-electron chi connectivity index (χ4n) is 9.12. The topological polar surface area (TPSA) is 170 Å². The lowest BCUT2D eigenvalue weighted by atomic mass is 10.0. The molecule has 0 bridgehead atoms. The molecule has 0 saturated carbocycles. The molecule has 3 aromatic heterocycles. The molecule has 0 unspecified atom stereocenters. The molecular weight excluding hydrogens is 1240 g/mol. The minimum atomic E-state index is -4.42. The van der Waals surface area contributed by atoms with E-state index in [4.69, 9.17) is 27.5 Å². The van der Waals surface area contributed by atoms with Crippen LogP contribution in [-0.4, -0.2) is 17.3 Å². The highest BCUT2D eigenvalue weighted by atomic mass is 127. The molecule has 6 aromatic carbocycles. The van der Waals surface area contributed by atoms with Crippen LogP contribution in [0.25, 0.3) is 32.9 Å². The zero-order valence-electron chi connectivity index (χ0n) is 45.9. The fraction of sp³-hybridized carbons (Fsp3) is 0.262. The van der Waals surface area contributed by atoms with Crippen molar-refractivity contribution in [3.05, 3.63) is 221 Å². The zero-order valence-corrected chi connectivity index (χ0v) is 49.7. The summed E-state index contributed by atoms with van der Waals surface area (Å²) in [7, 11) is 0. The van der Waals surface area contributed by atoms with Gasteiger partial charge in [0.15, 0.2) is 0 Å². The van der Waals surface area contributed by atoms with Crippen LogP contribution >= 0.6 is 38.5 Å². The lowest BCUT2D eigenvalue weighted by Crippen LogP contribution is -2.14. The smallest absolute Gasteiger partial charge is 0.416 e. The summed E-state index contributed by atoms with van der Waals surface area (Å²) in [6.07, 6.45) is -4.25. The molecule has 9 aromatic rings. The first-order valence-electron chi connectivity index (χ1n) is 25.5. The first kappa shape index (κ1) is 63.5. The van der Waals surface area contributed by atoms with E-state index in [2.05, 4.69) is 44.6 Å². The normalized spacial score (nSPS) is 11.0. The second-order valence-corrected chi connectivity index (χ2v) is 21.8. The van der Waals surface area contributed by atoms with Crippen LogP contribution in [0, 0.1) is 45.1 Å². The molecule has 9 rings (SSSR count). The van der Waals surface area contributed by atoms with Crippen LogP contribution in [0.2, 0.25) is 0 Å². The van der Waals surface area contributed by atoms with Crippen LogP contribution in [0.5, 0.6) is 17.2 Å². The first-order chi connectivity index (χ1) is 38.3. The van der Waals surface area contributed by atoms with Gasteiger partial charge in [0.25, 0.3) is 0 Å². The van der Waals surface area contributed by atoms with Gasteiger partial charge >= 0.3 is 23.1 Å². The van der Waals surface area contributed by atoms with E-state index < -0.39 is 28.6 Å². The van der Waals surface area contributed by atoms with Gasteiger partial charge in [0.2, 0.25) is 0 Å². The van der Waals surface area contributed by atoms with Crippen molar-refractivity contribution in [2.75, 3.05) is 0 Å². The summed E-state index contributed by atoms with van der Waals surface area (Å²) < 4.78 is 74.7.